The monoisotopic (exact) mass is 275 g/mol. The Bertz CT molecular complexity index is 866. The molecule has 3 rings (SSSR count). The first kappa shape index (κ1) is 13.4. The van der Waals surface area contributed by atoms with E-state index in [0.717, 1.165) is 28.2 Å². The molecule has 2 aromatic heterocycles. The summed E-state index contributed by atoms with van der Waals surface area (Å²) in [6.07, 6.45) is 2.40. The molecule has 0 saturated heterocycles. The Kier molecular flexibility index (Phi) is 3.23. The summed E-state index contributed by atoms with van der Waals surface area (Å²) in [7, 11) is 0. The summed E-state index contributed by atoms with van der Waals surface area (Å²) in [6.45, 7) is 6.22. The van der Waals surface area contributed by atoms with Crippen molar-refractivity contribution < 1.29 is 0 Å². The number of imidazole rings is 1. The third-order valence-corrected chi connectivity index (χ3v) is 3.75. The van der Waals surface area contributed by atoms with Crippen molar-refractivity contribution in [2.75, 3.05) is 0 Å². The van der Waals surface area contributed by atoms with E-state index in [-0.39, 0.29) is 0 Å². The summed E-state index contributed by atoms with van der Waals surface area (Å²) in [6, 6.07) is 12.7. The molecule has 21 heavy (non-hydrogen) atoms. The molecule has 3 aromatic rings. The summed E-state index contributed by atoms with van der Waals surface area (Å²) < 4.78 is 2.03. The zero-order valence-corrected chi connectivity index (χ0v) is 12.5. The number of hydrogen-bond acceptors (Lipinski definition) is 2. The quantitative estimate of drug-likeness (QED) is 0.709. The number of nitrogens with zero attached hydrogens (tertiary/aromatic N) is 3. The van der Waals surface area contributed by atoms with Crippen molar-refractivity contribution in [1.82, 2.24) is 9.38 Å². The fourth-order valence-electron chi connectivity index (χ4n) is 2.74. The minimum Gasteiger partial charge on any atom is -0.302 e. The molecule has 3 heteroatoms. The van der Waals surface area contributed by atoms with Gasteiger partial charge in [0.05, 0.1) is 23.9 Å². The highest BCUT2D eigenvalue weighted by Gasteiger charge is 2.15. The lowest BCUT2D eigenvalue weighted by Crippen LogP contribution is -1.95. The summed E-state index contributed by atoms with van der Waals surface area (Å²) >= 11 is 0. The van der Waals surface area contributed by atoms with E-state index < -0.39 is 0 Å². The smallest absolute Gasteiger partial charge is 0.137 e. The van der Waals surface area contributed by atoms with E-state index in [0.29, 0.717) is 6.42 Å². The molecule has 0 saturated carbocycles. The van der Waals surface area contributed by atoms with Crippen LogP contribution in [0.3, 0.4) is 0 Å². The molecule has 0 N–H and O–H groups in total. The van der Waals surface area contributed by atoms with Gasteiger partial charge in [-0.15, -0.1) is 0 Å². The average Bonchev–Trinajstić information content (AvgIpc) is 2.78. The van der Waals surface area contributed by atoms with Gasteiger partial charge in [-0.2, -0.15) is 5.26 Å². The molecule has 0 amide bonds. The van der Waals surface area contributed by atoms with E-state index in [2.05, 4.69) is 38.1 Å². The second kappa shape index (κ2) is 5.06. The lowest BCUT2D eigenvalue weighted by Gasteiger charge is -2.06. The average molecular weight is 275 g/mol. The van der Waals surface area contributed by atoms with Gasteiger partial charge in [0.25, 0.3) is 0 Å². The molecule has 0 aliphatic heterocycles. The number of pyridine rings is 1. The Hall–Kier alpha value is -2.60. The molecule has 104 valence electrons. The molecule has 0 bridgehead atoms. The number of aromatic nitrogens is 2. The first-order chi connectivity index (χ1) is 10.1. The zero-order valence-electron chi connectivity index (χ0n) is 12.5. The Morgan fingerprint density at radius 3 is 2.57 bits per heavy atom. The standard InChI is InChI=1S/C18H17N3/c1-12-4-6-15(14(3)10-12)18-16(8-9-19)21-11-13(2)5-7-17(21)20-18/h4-7,10-11H,8H2,1-3H3. The van der Waals surface area contributed by atoms with E-state index in [1.165, 1.54) is 11.1 Å². The Morgan fingerprint density at radius 1 is 1.10 bits per heavy atom. The molecule has 0 spiro atoms. The first-order valence-corrected chi connectivity index (χ1v) is 7.02. The number of rotatable bonds is 2. The van der Waals surface area contributed by atoms with Gasteiger partial charge in [-0.1, -0.05) is 29.8 Å². The molecule has 0 aliphatic rings. The number of nitriles is 1. The minimum absolute atomic E-state index is 0.354. The van der Waals surface area contributed by atoms with Gasteiger partial charge in [0, 0.05) is 11.8 Å². The third-order valence-electron chi connectivity index (χ3n) is 3.75. The minimum atomic E-state index is 0.354. The fourth-order valence-corrected chi connectivity index (χ4v) is 2.74. The van der Waals surface area contributed by atoms with Gasteiger partial charge in [-0.05, 0) is 38.0 Å². The van der Waals surface area contributed by atoms with Crippen molar-refractivity contribution in [2.45, 2.75) is 27.2 Å². The van der Waals surface area contributed by atoms with Crippen molar-refractivity contribution in [3.8, 4) is 17.3 Å². The molecular formula is C18H17N3. The maximum Gasteiger partial charge on any atom is 0.137 e. The lowest BCUT2D eigenvalue weighted by atomic mass is 10.0. The number of fused-ring (bicyclic) bond motifs is 1. The molecule has 0 radical (unpaired) electrons. The summed E-state index contributed by atoms with van der Waals surface area (Å²) in [5, 5.41) is 9.16. The zero-order chi connectivity index (χ0) is 15.0. The third kappa shape index (κ3) is 2.30. The van der Waals surface area contributed by atoms with Crippen LogP contribution in [0.15, 0.2) is 36.5 Å². The van der Waals surface area contributed by atoms with Crippen LogP contribution >= 0.6 is 0 Å². The Balaban J connectivity index is 2.31. The van der Waals surface area contributed by atoms with Crippen LogP contribution in [0, 0.1) is 32.1 Å². The van der Waals surface area contributed by atoms with Gasteiger partial charge < -0.3 is 4.40 Å². The van der Waals surface area contributed by atoms with E-state index in [4.69, 9.17) is 10.2 Å². The maximum atomic E-state index is 9.16. The maximum absolute atomic E-state index is 9.16. The van der Waals surface area contributed by atoms with Crippen LogP contribution in [0.25, 0.3) is 16.9 Å². The summed E-state index contributed by atoms with van der Waals surface area (Å²) in [5.74, 6) is 0. The SMILES string of the molecule is Cc1ccc(-c2nc3ccc(C)cn3c2CC#N)c(C)c1. The van der Waals surface area contributed by atoms with Crippen molar-refractivity contribution in [2.24, 2.45) is 0 Å². The van der Waals surface area contributed by atoms with Gasteiger partial charge in [-0.25, -0.2) is 4.98 Å². The number of hydrogen-bond donors (Lipinski definition) is 0. The molecule has 2 heterocycles. The summed E-state index contributed by atoms with van der Waals surface area (Å²) in [4.78, 5) is 4.74. The highest BCUT2D eigenvalue weighted by molar-refractivity contribution is 5.70. The van der Waals surface area contributed by atoms with Gasteiger partial charge in [0.1, 0.15) is 5.65 Å². The van der Waals surface area contributed by atoms with Gasteiger partial charge >= 0.3 is 0 Å². The number of aryl methyl sites for hydroxylation is 3. The van der Waals surface area contributed by atoms with Crippen molar-refractivity contribution in [3.05, 3.63) is 58.9 Å². The topological polar surface area (TPSA) is 41.1 Å². The van der Waals surface area contributed by atoms with Gasteiger partial charge in [0.2, 0.25) is 0 Å². The van der Waals surface area contributed by atoms with E-state index in [9.17, 15) is 0 Å². The molecular weight excluding hydrogens is 258 g/mol. The molecule has 1 aromatic carbocycles. The lowest BCUT2D eigenvalue weighted by molar-refractivity contribution is 1.04. The highest BCUT2D eigenvalue weighted by Crippen LogP contribution is 2.28. The van der Waals surface area contributed by atoms with Crippen LogP contribution < -0.4 is 0 Å². The molecule has 0 aliphatic carbocycles. The fraction of sp³-hybridized carbons (Fsp3) is 0.222. The Labute approximate surface area is 124 Å². The van der Waals surface area contributed by atoms with Gasteiger partial charge in [0.15, 0.2) is 0 Å². The van der Waals surface area contributed by atoms with Crippen molar-refractivity contribution >= 4 is 5.65 Å². The van der Waals surface area contributed by atoms with E-state index in [1.807, 2.05) is 29.7 Å². The Morgan fingerprint density at radius 2 is 1.86 bits per heavy atom. The first-order valence-electron chi connectivity index (χ1n) is 7.02. The largest absolute Gasteiger partial charge is 0.302 e. The van der Waals surface area contributed by atoms with Crippen molar-refractivity contribution in [3.63, 3.8) is 0 Å². The van der Waals surface area contributed by atoms with Crippen LogP contribution in [-0.4, -0.2) is 9.38 Å². The molecule has 0 unspecified atom stereocenters. The normalized spacial score (nSPS) is 10.8. The predicted octanol–water partition coefficient (Wildman–Crippen LogP) is 3.99. The molecule has 0 atom stereocenters. The predicted molar refractivity (Wildman–Crippen MR) is 84.2 cm³/mol. The van der Waals surface area contributed by atoms with Crippen LogP contribution in [0.1, 0.15) is 22.4 Å². The van der Waals surface area contributed by atoms with E-state index in [1.54, 1.807) is 0 Å². The van der Waals surface area contributed by atoms with Crippen LogP contribution in [-0.2, 0) is 6.42 Å². The van der Waals surface area contributed by atoms with Crippen LogP contribution in [0.5, 0.6) is 0 Å². The van der Waals surface area contributed by atoms with Crippen LogP contribution in [0.2, 0.25) is 0 Å². The van der Waals surface area contributed by atoms with E-state index >= 15 is 0 Å². The molecule has 0 fully saturated rings. The second-order valence-electron chi connectivity index (χ2n) is 5.50. The molecule has 3 nitrogen and oxygen atoms in total. The highest BCUT2D eigenvalue weighted by atomic mass is 15.0. The summed E-state index contributed by atoms with van der Waals surface area (Å²) in [5.41, 5.74) is 7.45. The second-order valence-corrected chi connectivity index (χ2v) is 5.50. The number of benzene rings is 1. The van der Waals surface area contributed by atoms with Crippen LogP contribution in [0.4, 0.5) is 0 Å². The van der Waals surface area contributed by atoms with Crippen molar-refractivity contribution in [1.29, 1.82) is 5.26 Å². The van der Waals surface area contributed by atoms with Gasteiger partial charge in [-0.3, -0.25) is 0 Å².